The standard InChI is InChI=1S/C12H9F3O7S/c1-19-9-3-6-7(4-10(9)20-2)21-11(16)5-8(6)22-23(17,18)12(13,14)15/h3-5H,1-2H3. The van der Waals surface area contributed by atoms with Crippen LogP contribution >= 0.6 is 0 Å². The van der Waals surface area contributed by atoms with Crippen molar-refractivity contribution in [3.8, 4) is 17.2 Å². The van der Waals surface area contributed by atoms with Crippen molar-refractivity contribution in [3.63, 3.8) is 0 Å². The molecular weight excluding hydrogens is 345 g/mol. The molecule has 23 heavy (non-hydrogen) atoms. The summed E-state index contributed by atoms with van der Waals surface area (Å²) in [5, 5.41) is -0.213. The topological polar surface area (TPSA) is 92.0 Å². The molecule has 0 amide bonds. The van der Waals surface area contributed by atoms with Crippen LogP contribution in [-0.4, -0.2) is 28.1 Å². The lowest BCUT2D eigenvalue weighted by Crippen LogP contribution is -2.28. The molecular formula is C12H9F3O7S. The van der Waals surface area contributed by atoms with Gasteiger partial charge in [-0.1, -0.05) is 0 Å². The number of fused-ring (bicyclic) bond motifs is 1. The average molecular weight is 354 g/mol. The predicted molar refractivity (Wildman–Crippen MR) is 71.2 cm³/mol. The second kappa shape index (κ2) is 5.65. The van der Waals surface area contributed by atoms with Gasteiger partial charge < -0.3 is 18.1 Å². The Balaban J connectivity index is 2.71. The van der Waals surface area contributed by atoms with E-state index in [0.717, 1.165) is 12.1 Å². The second-order valence-corrected chi connectivity index (χ2v) is 5.65. The van der Waals surface area contributed by atoms with E-state index in [9.17, 15) is 26.4 Å². The summed E-state index contributed by atoms with van der Waals surface area (Å²) in [6, 6.07) is 2.76. The van der Waals surface area contributed by atoms with Crippen molar-refractivity contribution >= 4 is 21.1 Å². The van der Waals surface area contributed by atoms with Crippen LogP contribution in [0.1, 0.15) is 0 Å². The average Bonchev–Trinajstić information content (AvgIpc) is 2.44. The zero-order chi connectivity index (χ0) is 17.4. The lowest BCUT2D eigenvalue weighted by molar-refractivity contribution is -0.0499. The number of alkyl halides is 3. The lowest BCUT2D eigenvalue weighted by Gasteiger charge is -2.12. The predicted octanol–water partition coefficient (Wildman–Crippen LogP) is 2.04. The molecule has 0 saturated heterocycles. The van der Waals surface area contributed by atoms with Gasteiger partial charge in [0.2, 0.25) is 0 Å². The quantitative estimate of drug-likeness (QED) is 0.471. The summed E-state index contributed by atoms with van der Waals surface area (Å²) in [6.45, 7) is 0. The molecule has 0 atom stereocenters. The third kappa shape index (κ3) is 3.18. The molecule has 1 aromatic heterocycles. The van der Waals surface area contributed by atoms with Gasteiger partial charge in [-0.15, -0.1) is 0 Å². The van der Waals surface area contributed by atoms with Gasteiger partial charge in [0.1, 0.15) is 5.58 Å². The van der Waals surface area contributed by atoms with Crippen molar-refractivity contribution in [2.24, 2.45) is 0 Å². The number of hydrogen-bond donors (Lipinski definition) is 0. The van der Waals surface area contributed by atoms with Gasteiger partial charge in [0.15, 0.2) is 17.2 Å². The van der Waals surface area contributed by atoms with Crippen LogP contribution < -0.4 is 19.3 Å². The highest BCUT2D eigenvalue weighted by molar-refractivity contribution is 7.88. The third-order valence-corrected chi connectivity index (χ3v) is 3.66. The van der Waals surface area contributed by atoms with Crippen molar-refractivity contribution in [2.75, 3.05) is 14.2 Å². The first-order chi connectivity index (χ1) is 10.6. The van der Waals surface area contributed by atoms with Gasteiger partial charge in [-0.3, -0.25) is 0 Å². The van der Waals surface area contributed by atoms with Crippen molar-refractivity contribution in [1.29, 1.82) is 0 Å². The van der Waals surface area contributed by atoms with E-state index in [1.54, 1.807) is 0 Å². The maximum atomic E-state index is 12.4. The van der Waals surface area contributed by atoms with E-state index in [4.69, 9.17) is 13.9 Å². The van der Waals surface area contributed by atoms with E-state index >= 15 is 0 Å². The molecule has 0 saturated carbocycles. The molecule has 0 aliphatic heterocycles. The minimum atomic E-state index is -5.95. The van der Waals surface area contributed by atoms with E-state index < -0.39 is 27.0 Å². The van der Waals surface area contributed by atoms with Crippen LogP contribution in [-0.2, 0) is 10.1 Å². The minimum absolute atomic E-state index is 0.0723. The van der Waals surface area contributed by atoms with Crippen LogP contribution in [0.15, 0.2) is 27.4 Å². The normalized spacial score (nSPS) is 12.2. The summed E-state index contributed by atoms with van der Waals surface area (Å²) in [7, 11) is -3.40. The van der Waals surface area contributed by atoms with Gasteiger partial charge in [0.05, 0.1) is 25.7 Å². The van der Waals surface area contributed by atoms with E-state index in [-0.39, 0.29) is 22.5 Å². The number of rotatable bonds is 4. The Labute approximate surface area is 127 Å². The molecule has 11 heteroatoms. The number of benzene rings is 1. The molecule has 0 aliphatic rings. The minimum Gasteiger partial charge on any atom is -0.493 e. The number of ether oxygens (including phenoxy) is 2. The Morgan fingerprint density at radius 3 is 2.09 bits per heavy atom. The molecule has 0 aliphatic carbocycles. The molecule has 0 radical (unpaired) electrons. The van der Waals surface area contributed by atoms with Crippen molar-refractivity contribution in [3.05, 3.63) is 28.6 Å². The Bertz CT molecular complexity index is 899. The van der Waals surface area contributed by atoms with E-state index in [0.29, 0.717) is 6.07 Å². The highest BCUT2D eigenvalue weighted by Crippen LogP contribution is 2.37. The fourth-order valence-corrected chi connectivity index (χ4v) is 2.16. The van der Waals surface area contributed by atoms with E-state index in [2.05, 4.69) is 4.18 Å². The molecule has 0 unspecified atom stereocenters. The largest absolute Gasteiger partial charge is 0.534 e. The Morgan fingerprint density at radius 1 is 1.00 bits per heavy atom. The fraction of sp³-hybridized carbons (Fsp3) is 0.250. The fourth-order valence-electron chi connectivity index (χ4n) is 1.69. The first-order valence-electron chi connectivity index (χ1n) is 5.79. The van der Waals surface area contributed by atoms with Crippen LogP contribution in [0.4, 0.5) is 13.2 Å². The molecule has 0 bridgehead atoms. The summed E-state index contributed by atoms with van der Waals surface area (Å²) >= 11 is 0. The number of methoxy groups -OCH3 is 2. The van der Waals surface area contributed by atoms with Gasteiger partial charge in [-0.2, -0.15) is 21.6 Å². The molecule has 0 spiro atoms. The second-order valence-electron chi connectivity index (χ2n) is 4.12. The summed E-state index contributed by atoms with van der Waals surface area (Å²) < 4.78 is 78.2. The molecule has 1 heterocycles. The highest BCUT2D eigenvalue weighted by atomic mass is 32.2. The van der Waals surface area contributed by atoms with Crippen LogP contribution in [0.25, 0.3) is 11.0 Å². The molecule has 0 fully saturated rings. The van der Waals surface area contributed by atoms with E-state index in [1.807, 2.05) is 0 Å². The van der Waals surface area contributed by atoms with Crippen molar-refractivity contribution in [2.45, 2.75) is 5.51 Å². The van der Waals surface area contributed by atoms with Crippen molar-refractivity contribution < 1.29 is 39.7 Å². The first-order valence-corrected chi connectivity index (χ1v) is 7.20. The van der Waals surface area contributed by atoms with Gasteiger partial charge in [-0.25, -0.2) is 4.79 Å². The molecule has 0 N–H and O–H groups in total. The van der Waals surface area contributed by atoms with Crippen LogP contribution in [0.2, 0.25) is 0 Å². The maximum absolute atomic E-state index is 12.4. The summed E-state index contributed by atoms with van der Waals surface area (Å²) in [6.07, 6.45) is 0. The van der Waals surface area contributed by atoms with Gasteiger partial charge in [0.25, 0.3) is 0 Å². The van der Waals surface area contributed by atoms with Gasteiger partial charge in [-0.05, 0) is 6.07 Å². The van der Waals surface area contributed by atoms with Gasteiger partial charge >= 0.3 is 21.3 Å². The van der Waals surface area contributed by atoms with Crippen LogP contribution in [0, 0.1) is 0 Å². The van der Waals surface area contributed by atoms with Crippen molar-refractivity contribution in [1.82, 2.24) is 0 Å². The molecule has 2 rings (SSSR count). The highest BCUT2D eigenvalue weighted by Gasteiger charge is 2.48. The van der Waals surface area contributed by atoms with Crippen LogP contribution in [0.3, 0.4) is 0 Å². The van der Waals surface area contributed by atoms with E-state index in [1.165, 1.54) is 14.2 Å². The SMILES string of the molecule is COc1cc2oc(=O)cc(OS(=O)(=O)C(F)(F)F)c2cc1OC. The molecule has 126 valence electrons. The zero-order valence-corrected chi connectivity index (χ0v) is 12.4. The summed E-state index contributed by atoms with van der Waals surface area (Å²) in [5.41, 5.74) is -6.98. The Kier molecular flexibility index (Phi) is 4.16. The molecule has 7 nitrogen and oxygen atoms in total. The lowest BCUT2D eigenvalue weighted by atomic mass is 10.2. The number of hydrogen-bond acceptors (Lipinski definition) is 7. The Hall–Kier alpha value is -2.43. The zero-order valence-electron chi connectivity index (χ0n) is 11.6. The number of halogens is 3. The summed E-state index contributed by atoms with van der Waals surface area (Å²) in [4.78, 5) is 11.4. The Morgan fingerprint density at radius 2 is 1.57 bits per heavy atom. The smallest absolute Gasteiger partial charge is 0.493 e. The maximum Gasteiger partial charge on any atom is 0.534 e. The molecule has 1 aromatic carbocycles. The first kappa shape index (κ1) is 16.9. The van der Waals surface area contributed by atoms with Crippen LogP contribution in [0.5, 0.6) is 17.2 Å². The summed E-state index contributed by atoms with van der Waals surface area (Å²) in [5.74, 6) is -0.642. The molecule has 2 aromatic rings. The monoisotopic (exact) mass is 354 g/mol. The van der Waals surface area contributed by atoms with Gasteiger partial charge in [0, 0.05) is 6.07 Å². The third-order valence-electron chi connectivity index (χ3n) is 2.69.